The highest BCUT2D eigenvalue weighted by Gasteiger charge is 2.25. The molecule has 0 fully saturated rings. The van der Waals surface area contributed by atoms with E-state index in [0.29, 0.717) is 0 Å². The van der Waals surface area contributed by atoms with Crippen molar-refractivity contribution in [3.63, 3.8) is 0 Å². The summed E-state index contributed by atoms with van der Waals surface area (Å²) >= 11 is 5.55. The molecule has 0 unspecified atom stereocenters. The first-order valence-electron chi connectivity index (χ1n) is 22.1. The number of furan rings is 1. The van der Waals surface area contributed by atoms with Crippen LogP contribution in [0.5, 0.6) is 0 Å². The second kappa shape index (κ2) is 14.9. The van der Waals surface area contributed by atoms with Gasteiger partial charge in [0.25, 0.3) is 0 Å². The van der Waals surface area contributed by atoms with Gasteiger partial charge < -0.3 is 14.2 Å². The molecule has 0 radical (unpaired) electrons. The number of para-hydroxylation sites is 2. The maximum atomic E-state index is 7.15. The van der Waals surface area contributed by atoms with Gasteiger partial charge in [0.15, 0.2) is 5.58 Å². The summed E-state index contributed by atoms with van der Waals surface area (Å²) in [6.45, 7) is 0. The van der Waals surface area contributed by atoms with Gasteiger partial charge in [-0.15, -0.1) is 34.0 Å². The maximum absolute atomic E-state index is 7.15. The van der Waals surface area contributed by atoms with Crippen molar-refractivity contribution in [2.45, 2.75) is 0 Å². The lowest BCUT2D eigenvalue weighted by molar-refractivity contribution is 0.669. The summed E-state index contributed by atoms with van der Waals surface area (Å²) in [5, 5.41) is 9.83. The number of benzene rings is 10. The van der Waals surface area contributed by atoms with E-state index in [0.717, 1.165) is 56.1 Å². The second-order valence-electron chi connectivity index (χ2n) is 16.8. The van der Waals surface area contributed by atoms with Crippen LogP contribution >= 0.6 is 34.0 Å². The van der Waals surface area contributed by atoms with Gasteiger partial charge in [0.1, 0.15) is 5.58 Å². The first-order chi connectivity index (χ1) is 32.7. The molecule has 0 spiro atoms. The number of thiophene rings is 3. The van der Waals surface area contributed by atoms with Gasteiger partial charge in [-0.2, -0.15) is 0 Å². The molecule has 0 atom stereocenters. The van der Waals surface area contributed by atoms with Crippen LogP contribution in [0.4, 0.5) is 34.1 Å². The minimum Gasteiger partial charge on any atom is -0.454 e. The van der Waals surface area contributed by atoms with Gasteiger partial charge in [0, 0.05) is 99.7 Å². The largest absolute Gasteiger partial charge is 0.454 e. The monoisotopic (exact) mass is 896 g/mol. The van der Waals surface area contributed by atoms with Crippen LogP contribution in [0, 0.1) is 0 Å². The molecule has 10 aromatic carbocycles. The van der Waals surface area contributed by atoms with Crippen molar-refractivity contribution in [2.24, 2.45) is 0 Å². The third kappa shape index (κ3) is 5.93. The Morgan fingerprint density at radius 3 is 1.48 bits per heavy atom. The second-order valence-corrected chi connectivity index (χ2v) is 20.1. The van der Waals surface area contributed by atoms with E-state index in [1.807, 2.05) is 34.0 Å². The predicted molar refractivity (Wildman–Crippen MR) is 287 cm³/mol. The van der Waals surface area contributed by atoms with Gasteiger partial charge in [-0.25, -0.2) is 0 Å². The van der Waals surface area contributed by atoms with Crippen LogP contribution in [-0.4, -0.2) is 0 Å². The third-order valence-electron chi connectivity index (χ3n) is 13.0. The van der Waals surface area contributed by atoms with E-state index in [1.54, 1.807) is 0 Å². The fraction of sp³-hybridized carbons (Fsp3) is 0. The Hall–Kier alpha value is -7.74. The van der Waals surface area contributed by atoms with E-state index in [2.05, 4.69) is 228 Å². The number of nitrogens with zero attached hydrogens (tertiary/aromatic N) is 2. The standard InChI is InChI=1S/C60H36N2OS3/c1-3-14-38(15-4-1)61(40-27-29-47-44-18-7-10-23-54(44)64-57(47)35-40)42-33-51-50-32-37(43-21-13-22-49-46-20-9-12-25-56(46)66-60(43)49)26-31-53(50)63-59(51)52(34-42)62(39-16-5-2-6-17-39)41-28-30-48-45-19-8-11-24-55(45)65-58(48)36-41/h1-36H. The van der Waals surface area contributed by atoms with Crippen molar-refractivity contribution in [1.82, 2.24) is 0 Å². The van der Waals surface area contributed by atoms with Crippen LogP contribution in [-0.2, 0) is 0 Å². The van der Waals surface area contributed by atoms with Crippen molar-refractivity contribution in [3.8, 4) is 11.1 Å². The normalized spacial score (nSPS) is 11.9. The van der Waals surface area contributed by atoms with E-state index in [1.165, 1.54) is 71.6 Å². The number of fused-ring (bicyclic) bond motifs is 12. The minimum atomic E-state index is 0.833. The molecule has 4 aromatic heterocycles. The van der Waals surface area contributed by atoms with Crippen molar-refractivity contribution in [2.75, 3.05) is 9.80 Å². The molecular formula is C60H36N2OS3. The highest BCUT2D eigenvalue weighted by molar-refractivity contribution is 7.26. The molecular weight excluding hydrogens is 861 g/mol. The quantitative estimate of drug-likeness (QED) is 0.159. The zero-order valence-corrected chi connectivity index (χ0v) is 37.8. The van der Waals surface area contributed by atoms with E-state index >= 15 is 0 Å². The topological polar surface area (TPSA) is 19.6 Å². The SMILES string of the molecule is c1ccc(N(c2ccc3c(c2)sc2ccccc23)c2cc(N(c3ccccc3)c3ccc4c(c3)sc3ccccc34)c3oc4ccc(-c5cccc6c5sc5ccccc56)cc4c3c2)cc1. The molecule has 3 nitrogen and oxygen atoms in total. The van der Waals surface area contributed by atoms with Crippen LogP contribution < -0.4 is 9.80 Å². The van der Waals surface area contributed by atoms with E-state index in [9.17, 15) is 0 Å². The molecule has 0 aliphatic heterocycles. The molecule has 0 bridgehead atoms. The van der Waals surface area contributed by atoms with E-state index in [-0.39, 0.29) is 0 Å². The lowest BCUT2D eigenvalue weighted by atomic mass is 10.00. The molecule has 14 rings (SSSR count). The van der Waals surface area contributed by atoms with Crippen LogP contribution in [0.3, 0.4) is 0 Å². The zero-order valence-electron chi connectivity index (χ0n) is 35.3. The molecule has 14 aromatic rings. The molecule has 0 aliphatic carbocycles. The van der Waals surface area contributed by atoms with E-state index < -0.39 is 0 Å². The Bertz CT molecular complexity index is 4200. The van der Waals surface area contributed by atoms with Crippen molar-refractivity contribution >= 4 is 151 Å². The summed E-state index contributed by atoms with van der Waals surface area (Å²) in [4.78, 5) is 4.79. The van der Waals surface area contributed by atoms with Crippen LogP contribution in [0.25, 0.3) is 93.6 Å². The first-order valence-corrected chi connectivity index (χ1v) is 24.6. The summed E-state index contributed by atoms with van der Waals surface area (Å²) in [7, 11) is 0. The lowest BCUT2D eigenvalue weighted by Gasteiger charge is -2.29. The molecule has 0 aliphatic rings. The fourth-order valence-corrected chi connectivity index (χ4v) is 13.5. The molecule has 4 heterocycles. The maximum Gasteiger partial charge on any atom is 0.159 e. The summed E-state index contributed by atoms with van der Waals surface area (Å²) < 4.78 is 14.8. The smallest absolute Gasteiger partial charge is 0.159 e. The van der Waals surface area contributed by atoms with Crippen molar-refractivity contribution in [3.05, 3.63) is 218 Å². The average Bonchev–Trinajstić information content (AvgIpc) is 4.14. The van der Waals surface area contributed by atoms with Gasteiger partial charge in [-0.05, 0) is 102 Å². The summed E-state index contributed by atoms with van der Waals surface area (Å²) in [6.07, 6.45) is 0. The van der Waals surface area contributed by atoms with Gasteiger partial charge in [-0.3, -0.25) is 0 Å². The number of anilines is 6. The number of hydrogen-bond donors (Lipinski definition) is 0. The van der Waals surface area contributed by atoms with Gasteiger partial charge in [0.2, 0.25) is 0 Å². The summed E-state index contributed by atoms with van der Waals surface area (Å²) in [5.41, 5.74) is 10.3. The molecule has 66 heavy (non-hydrogen) atoms. The Balaban J connectivity index is 1.05. The van der Waals surface area contributed by atoms with E-state index in [4.69, 9.17) is 4.42 Å². The molecule has 310 valence electrons. The molecule has 0 amide bonds. The van der Waals surface area contributed by atoms with Crippen LogP contribution in [0.1, 0.15) is 0 Å². The van der Waals surface area contributed by atoms with Gasteiger partial charge >= 0.3 is 0 Å². The van der Waals surface area contributed by atoms with Crippen LogP contribution in [0.15, 0.2) is 223 Å². The highest BCUT2D eigenvalue weighted by atomic mass is 32.1. The number of hydrogen-bond acceptors (Lipinski definition) is 6. The minimum absolute atomic E-state index is 0.833. The molecule has 0 saturated carbocycles. The highest BCUT2D eigenvalue weighted by Crippen LogP contribution is 2.50. The Labute approximate surface area is 391 Å². The van der Waals surface area contributed by atoms with Gasteiger partial charge in [-0.1, -0.05) is 127 Å². The van der Waals surface area contributed by atoms with Crippen molar-refractivity contribution in [1.29, 1.82) is 0 Å². The number of rotatable bonds is 7. The lowest BCUT2D eigenvalue weighted by Crippen LogP contribution is -2.13. The van der Waals surface area contributed by atoms with Crippen molar-refractivity contribution < 1.29 is 4.42 Å². The fourth-order valence-electron chi connectivity index (χ4n) is 10.0. The molecule has 0 saturated heterocycles. The zero-order chi connectivity index (χ0) is 43.3. The predicted octanol–water partition coefficient (Wildman–Crippen LogP) is 19.3. The molecule has 0 N–H and O–H groups in total. The average molecular weight is 897 g/mol. The third-order valence-corrected chi connectivity index (χ3v) is 16.5. The Morgan fingerprint density at radius 1 is 0.303 bits per heavy atom. The molecule has 6 heteroatoms. The Kier molecular flexibility index (Phi) is 8.50. The summed E-state index contributed by atoms with van der Waals surface area (Å²) in [5.74, 6) is 0. The first kappa shape index (κ1) is 37.6. The Morgan fingerprint density at radius 2 is 0.833 bits per heavy atom. The van der Waals surface area contributed by atoms with Gasteiger partial charge in [0.05, 0.1) is 5.69 Å². The van der Waals surface area contributed by atoms with Crippen LogP contribution in [0.2, 0.25) is 0 Å². The summed E-state index contributed by atoms with van der Waals surface area (Å²) in [6, 6.07) is 79.6.